The van der Waals surface area contributed by atoms with Gasteiger partial charge in [-0.1, -0.05) is 72.2 Å². The van der Waals surface area contributed by atoms with Crippen LogP contribution >= 0.6 is 0 Å². The molecule has 0 aliphatic carbocycles. The lowest BCUT2D eigenvalue weighted by Gasteiger charge is -2.17. The highest BCUT2D eigenvalue weighted by molar-refractivity contribution is 5.98. The molecular weight excluding hydrogens is 368 g/mol. The van der Waals surface area contributed by atoms with E-state index in [0.717, 1.165) is 23.1 Å². The number of carbonyl (C=O) groups excluding carboxylic acids is 2. The van der Waals surface area contributed by atoms with Crippen LogP contribution in [0.4, 0.5) is 0 Å². The fourth-order valence-corrected chi connectivity index (χ4v) is 3.06. The first-order valence-corrected chi connectivity index (χ1v) is 9.54. The van der Waals surface area contributed by atoms with Gasteiger partial charge in [0.1, 0.15) is 17.0 Å². The van der Waals surface area contributed by atoms with E-state index in [0.29, 0.717) is 11.5 Å². The van der Waals surface area contributed by atoms with Gasteiger partial charge in [0.15, 0.2) is 6.61 Å². The predicted molar refractivity (Wildman–Crippen MR) is 109 cm³/mol. The fraction of sp³-hybridized carbons (Fsp3) is 0.261. The van der Waals surface area contributed by atoms with E-state index in [9.17, 15) is 9.59 Å². The number of ether oxygens (including phenoxy) is 1. The summed E-state index contributed by atoms with van der Waals surface area (Å²) < 4.78 is 10.4. The smallest absolute Gasteiger partial charge is 0.344 e. The zero-order valence-electron chi connectivity index (χ0n) is 16.8. The summed E-state index contributed by atoms with van der Waals surface area (Å²) in [5.41, 5.74) is 3.54. The topological polar surface area (TPSA) is 81.4 Å². The van der Waals surface area contributed by atoms with E-state index in [-0.39, 0.29) is 24.1 Å². The molecule has 1 amide bonds. The van der Waals surface area contributed by atoms with E-state index >= 15 is 0 Å². The summed E-state index contributed by atoms with van der Waals surface area (Å²) >= 11 is 0. The number of esters is 1. The van der Waals surface area contributed by atoms with Crippen LogP contribution in [0.1, 0.15) is 46.6 Å². The second-order valence-corrected chi connectivity index (χ2v) is 6.84. The van der Waals surface area contributed by atoms with E-state index in [4.69, 9.17) is 9.26 Å². The van der Waals surface area contributed by atoms with Gasteiger partial charge in [-0.25, -0.2) is 4.79 Å². The quantitative estimate of drug-likeness (QED) is 0.603. The highest BCUT2D eigenvalue weighted by Crippen LogP contribution is 2.25. The number of hydrogen-bond acceptors (Lipinski definition) is 5. The Morgan fingerprint density at radius 3 is 2.41 bits per heavy atom. The van der Waals surface area contributed by atoms with Crippen molar-refractivity contribution < 1.29 is 18.8 Å². The molecule has 0 bridgehead atoms. The van der Waals surface area contributed by atoms with Gasteiger partial charge in [-0.3, -0.25) is 4.79 Å². The van der Waals surface area contributed by atoms with E-state index in [1.54, 1.807) is 6.92 Å². The lowest BCUT2D eigenvalue weighted by atomic mass is 10.0. The summed E-state index contributed by atoms with van der Waals surface area (Å²) in [4.78, 5) is 24.9. The van der Waals surface area contributed by atoms with Gasteiger partial charge in [-0.2, -0.15) is 0 Å². The van der Waals surface area contributed by atoms with Crippen LogP contribution in [0.2, 0.25) is 0 Å². The van der Waals surface area contributed by atoms with Crippen LogP contribution in [0.25, 0.3) is 11.3 Å². The SMILES string of the molecule is CC[C@H](NC(=O)COC(=O)c1c(-c2ccccc2)noc1C)c1ccc(C)cc1. The minimum absolute atomic E-state index is 0.140. The Hall–Kier alpha value is -3.41. The summed E-state index contributed by atoms with van der Waals surface area (Å²) in [6, 6.07) is 17.1. The van der Waals surface area contributed by atoms with Crippen LogP contribution in [0.15, 0.2) is 59.1 Å². The molecule has 1 atom stereocenters. The number of aromatic nitrogens is 1. The molecule has 6 heteroatoms. The standard InChI is InChI=1S/C23H24N2O4/c1-4-19(17-12-10-15(2)11-13-17)24-20(26)14-28-23(27)21-16(3)29-25-22(21)18-8-6-5-7-9-18/h5-13,19H,4,14H2,1-3H3,(H,24,26)/t19-/m0/s1. The molecule has 0 spiro atoms. The number of benzene rings is 2. The van der Waals surface area contributed by atoms with Gasteiger partial charge in [0.25, 0.3) is 5.91 Å². The van der Waals surface area contributed by atoms with Crippen LogP contribution in [-0.4, -0.2) is 23.6 Å². The minimum atomic E-state index is -0.638. The van der Waals surface area contributed by atoms with Gasteiger partial charge < -0.3 is 14.6 Å². The molecule has 0 unspecified atom stereocenters. The molecule has 0 saturated carbocycles. The van der Waals surface area contributed by atoms with E-state index in [1.165, 1.54) is 0 Å². The largest absolute Gasteiger partial charge is 0.452 e. The second-order valence-electron chi connectivity index (χ2n) is 6.84. The van der Waals surface area contributed by atoms with Crippen molar-refractivity contribution in [2.24, 2.45) is 0 Å². The molecule has 6 nitrogen and oxygen atoms in total. The monoisotopic (exact) mass is 392 g/mol. The first-order valence-electron chi connectivity index (χ1n) is 9.54. The van der Waals surface area contributed by atoms with Gasteiger partial charge in [0, 0.05) is 5.56 Å². The van der Waals surface area contributed by atoms with Crippen LogP contribution in [0.5, 0.6) is 0 Å². The molecule has 1 heterocycles. The number of hydrogen-bond donors (Lipinski definition) is 1. The number of nitrogens with zero attached hydrogens (tertiary/aromatic N) is 1. The van der Waals surface area contributed by atoms with Gasteiger partial charge >= 0.3 is 5.97 Å². The van der Waals surface area contributed by atoms with E-state index in [1.807, 2.05) is 68.4 Å². The summed E-state index contributed by atoms with van der Waals surface area (Å²) in [5.74, 6) is -0.650. The first kappa shape index (κ1) is 20.3. The first-order chi connectivity index (χ1) is 14.0. The third-order valence-corrected chi connectivity index (χ3v) is 4.67. The predicted octanol–water partition coefficient (Wildman–Crippen LogP) is 4.38. The molecule has 1 N–H and O–H groups in total. The summed E-state index contributed by atoms with van der Waals surface area (Å²) in [5, 5.41) is 6.87. The normalized spacial score (nSPS) is 11.7. The third kappa shape index (κ3) is 4.90. The van der Waals surface area contributed by atoms with Crippen molar-refractivity contribution in [3.63, 3.8) is 0 Å². The maximum Gasteiger partial charge on any atom is 0.344 e. The molecular formula is C23H24N2O4. The van der Waals surface area contributed by atoms with E-state index < -0.39 is 5.97 Å². The lowest BCUT2D eigenvalue weighted by Crippen LogP contribution is -2.32. The maximum absolute atomic E-state index is 12.6. The fourth-order valence-electron chi connectivity index (χ4n) is 3.06. The molecule has 29 heavy (non-hydrogen) atoms. The Kier molecular flexibility index (Phi) is 6.44. The Morgan fingerprint density at radius 2 is 1.76 bits per heavy atom. The molecule has 3 aromatic rings. The maximum atomic E-state index is 12.6. The number of nitrogens with one attached hydrogen (secondary N) is 1. The molecule has 0 aliphatic rings. The van der Waals surface area contributed by atoms with Crippen molar-refractivity contribution in [2.45, 2.75) is 33.2 Å². The number of aryl methyl sites for hydroxylation is 2. The van der Waals surface area contributed by atoms with Crippen LogP contribution in [0, 0.1) is 13.8 Å². The number of amides is 1. The molecule has 3 rings (SSSR count). The number of carbonyl (C=O) groups is 2. The van der Waals surface area contributed by atoms with Crippen molar-refractivity contribution >= 4 is 11.9 Å². The third-order valence-electron chi connectivity index (χ3n) is 4.67. The zero-order valence-corrected chi connectivity index (χ0v) is 16.8. The summed E-state index contributed by atoms with van der Waals surface area (Å²) in [6.45, 7) is 5.27. The molecule has 0 fully saturated rings. The van der Waals surface area contributed by atoms with Gasteiger partial charge in [-0.05, 0) is 25.8 Å². The van der Waals surface area contributed by atoms with E-state index in [2.05, 4.69) is 10.5 Å². The van der Waals surface area contributed by atoms with Crippen LogP contribution < -0.4 is 5.32 Å². The molecule has 0 saturated heterocycles. The molecule has 0 radical (unpaired) electrons. The molecule has 1 aromatic heterocycles. The Balaban J connectivity index is 1.64. The van der Waals surface area contributed by atoms with Crippen molar-refractivity contribution in [3.05, 3.63) is 77.0 Å². The molecule has 2 aromatic carbocycles. The van der Waals surface area contributed by atoms with Crippen molar-refractivity contribution in [2.75, 3.05) is 6.61 Å². The average molecular weight is 392 g/mol. The highest BCUT2D eigenvalue weighted by atomic mass is 16.5. The summed E-state index contributed by atoms with van der Waals surface area (Å²) in [7, 11) is 0. The van der Waals surface area contributed by atoms with Crippen molar-refractivity contribution in [1.82, 2.24) is 10.5 Å². The Bertz CT molecular complexity index is 978. The van der Waals surface area contributed by atoms with Gasteiger partial charge in [0.2, 0.25) is 0 Å². The van der Waals surface area contributed by atoms with Gasteiger partial charge in [-0.15, -0.1) is 0 Å². The van der Waals surface area contributed by atoms with Crippen molar-refractivity contribution in [1.29, 1.82) is 0 Å². The zero-order chi connectivity index (χ0) is 20.8. The Labute approximate surface area is 169 Å². The highest BCUT2D eigenvalue weighted by Gasteiger charge is 2.24. The summed E-state index contributed by atoms with van der Waals surface area (Å²) in [6.07, 6.45) is 0.728. The minimum Gasteiger partial charge on any atom is -0.452 e. The molecule has 150 valence electrons. The lowest BCUT2D eigenvalue weighted by molar-refractivity contribution is -0.125. The van der Waals surface area contributed by atoms with Crippen LogP contribution in [0.3, 0.4) is 0 Å². The van der Waals surface area contributed by atoms with Gasteiger partial charge in [0.05, 0.1) is 6.04 Å². The Morgan fingerprint density at radius 1 is 1.07 bits per heavy atom. The second kappa shape index (κ2) is 9.19. The van der Waals surface area contributed by atoms with Crippen LogP contribution in [-0.2, 0) is 9.53 Å². The molecule has 0 aliphatic heterocycles. The number of rotatable bonds is 7. The average Bonchev–Trinajstić information content (AvgIpc) is 3.13. The van der Waals surface area contributed by atoms with Crippen molar-refractivity contribution in [3.8, 4) is 11.3 Å².